The molecule has 6 heteroatoms. The van der Waals surface area contributed by atoms with Crippen LogP contribution in [0.4, 0.5) is 15.8 Å². The van der Waals surface area contributed by atoms with Crippen molar-refractivity contribution < 1.29 is 19.0 Å². The lowest BCUT2D eigenvalue weighted by atomic mass is 10.1. The Morgan fingerprint density at radius 3 is 2.46 bits per heavy atom. The van der Waals surface area contributed by atoms with E-state index in [1.807, 2.05) is 30.3 Å². The SMILES string of the molecule is COc1cc(CNc2ccc(CC(=O)Nc3cccc(F)c3)cc2)ccc1O. The van der Waals surface area contributed by atoms with Crippen LogP contribution < -0.4 is 15.4 Å². The molecule has 0 heterocycles. The number of hydrogen-bond acceptors (Lipinski definition) is 4. The summed E-state index contributed by atoms with van der Waals surface area (Å²) in [6.07, 6.45) is 0.200. The van der Waals surface area contributed by atoms with Crippen LogP contribution in [0, 0.1) is 5.82 Å². The Hall–Kier alpha value is -3.54. The van der Waals surface area contributed by atoms with E-state index in [1.54, 1.807) is 24.3 Å². The highest BCUT2D eigenvalue weighted by Gasteiger charge is 2.06. The summed E-state index contributed by atoms with van der Waals surface area (Å²) in [4.78, 5) is 12.1. The minimum Gasteiger partial charge on any atom is -0.504 e. The van der Waals surface area contributed by atoms with E-state index in [1.165, 1.54) is 19.2 Å². The van der Waals surface area contributed by atoms with Crippen LogP contribution in [0.25, 0.3) is 0 Å². The molecule has 5 nitrogen and oxygen atoms in total. The number of ether oxygens (including phenoxy) is 1. The van der Waals surface area contributed by atoms with Crippen molar-refractivity contribution in [2.24, 2.45) is 0 Å². The minimum absolute atomic E-state index is 0.104. The number of nitrogens with one attached hydrogen (secondary N) is 2. The van der Waals surface area contributed by atoms with Crippen molar-refractivity contribution in [3.8, 4) is 11.5 Å². The summed E-state index contributed by atoms with van der Waals surface area (Å²) in [5.74, 6) is -0.0620. The molecule has 0 spiro atoms. The van der Waals surface area contributed by atoms with Crippen molar-refractivity contribution in [2.45, 2.75) is 13.0 Å². The number of benzene rings is 3. The van der Waals surface area contributed by atoms with Crippen molar-refractivity contribution in [3.05, 3.63) is 83.7 Å². The zero-order chi connectivity index (χ0) is 19.9. The van der Waals surface area contributed by atoms with Gasteiger partial charge in [0.2, 0.25) is 5.91 Å². The summed E-state index contributed by atoms with van der Waals surface area (Å²) in [7, 11) is 1.51. The highest BCUT2D eigenvalue weighted by Crippen LogP contribution is 2.26. The Morgan fingerprint density at radius 1 is 1.00 bits per heavy atom. The molecule has 0 aromatic heterocycles. The highest BCUT2D eigenvalue weighted by atomic mass is 19.1. The number of amides is 1. The lowest BCUT2D eigenvalue weighted by Gasteiger charge is -2.10. The van der Waals surface area contributed by atoms with Gasteiger partial charge in [0, 0.05) is 17.9 Å². The number of carbonyl (C=O) groups excluding carboxylic acids is 1. The predicted octanol–water partition coefficient (Wildman–Crippen LogP) is 4.33. The normalized spacial score (nSPS) is 10.4. The Bertz CT molecular complexity index is 958. The van der Waals surface area contributed by atoms with Crippen LogP contribution in [0.5, 0.6) is 11.5 Å². The maximum atomic E-state index is 13.2. The van der Waals surface area contributed by atoms with Crippen molar-refractivity contribution in [2.75, 3.05) is 17.7 Å². The molecule has 3 N–H and O–H groups in total. The van der Waals surface area contributed by atoms with Crippen LogP contribution in [-0.4, -0.2) is 18.1 Å². The Morgan fingerprint density at radius 2 is 1.75 bits per heavy atom. The second-order valence-corrected chi connectivity index (χ2v) is 6.29. The number of methoxy groups -OCH3 is 1. The van der Waals surface area contributed by atoms with E-state index in [4.69, 9.17) is 4.74 Å². The van der Waals surface area contributed by atoms with Gasteiger partial charge in [0.15, 0.2) is 11.5 Å². The number of carbonyl (C=O) groups is 1. The van der Waals surface area contributed by atoms with Crippen LogP contribution in [-0.2, 0) is 17.8 Å². The maximum Gasteiger partial charge on any atom is 0.228 e. The van der Waals surface area contributed by atoms with Gasteiger partial charge in [0.1, 0.15) is 5.82 Å². The molecule has 0 aliphatic rings. The number of aromatic hydroxyl groups is 1. The molecule has 1 amide bonds. The van der Waals surface area contributed by atoms with E-state index >= 15 is 0 Å². The van der Waals surface area contributed by atoms with Crippen molar-refractivity contribution in [3.63, 3.8) is 0 Å². The first kappa shape index (κ1) is 19.2. The van der Waals surface area contributed by atoms with E-state index < -0.39 is 0 Å². The number of anilines is 2. The molecule has 0 unspecified atom stereocenters. The largest absolute Gasteiger partial charge is 0.504 e. The fourth-order valence-corrected chi connectivity index (χ4v) is 2.73. The van der Waals surface area contributed by atoms with E-state index in [0.717, 1.165) is 16.8 Å². The minimum atomic E-state index is -0.389. The van der Waals surface area contributed by atoms with E-state index in [0.29, 0.717) is 18.0 Å². The quantitative estimate of drug-likeness (QED) is 0.570. The smallest absolute Gasteiger partial charge is 0.228 e. The summed E-state index contributed by atoms with van der Waals surface area (Å²) in [5.41, 5.74) is 3.16. The van der Waals surface area contributed by atoms with Crippen LogP contribution in [0.1, 0.15) is 11.1 Å². The second kappa shape index (κ2) is 8.90. The number of phenolic OH excluding ortho intramolecular Hbond substituents is 1. The monoisotopic (exact) mass is 380 g/mol. The molecule has 3 rings (SSSR count). The average molecular weight is 380 g/mol. The molecule has 144 valence electrons. The first-order valence-corrected chi connectivity index (χ1v) is 8.77. The van der Waals surface area contributed by atoms with Gasteiger partial charge in [-0.2, -0.15) is 0 Å². The van der Waals surface area contributed by atoms with Gasteiger partial charge in [-0.3, -0.25) is 4.79 Å². The van der Waals surface area contributed by atoms with Gasteiger partial charge in [0.25, 0.3) is 0 Å². The topological polar surface area (TPSA) is 70.6 Å². The summed E-state index contributed by atoms with van der Waals surface area (Å²) in [6, 6.07) is 18.5. The van der Waals surface area contributed by atoms with Crippen LogP contribution in [0.3, 0.4) is 0 Å². The molecule has 0 fully saturated rings. The molecular weight excluding hydrogens is 359 g/mol. The zero-order valence-electron chi connectivity index (χ0n) is 15.4. The summed E-state index contributed by atoms with van der Waals surface area (Å²) < 4.78 is 18.3. The van der Waals surface area contributed by atoms with Gasteiger partial charge in [-0.1, -0.05) is 24.3 Å². The van der Waals surface area contributed by atoms with E-state index in [-0.39, 0.29) is 23.9 Å². The van der Waals surface area contributed by atoms with Crippen molar-refractivity contribution in [1.82, 2.24) is 0 Å². The van der Waals surface area contributed by atoms with Crippen LogP contribution >= 0.6 is 0 Å². The zero-order valence-corrected chi connectivity index (χ0v) is 15.4. The molecule has 3 aromatic rings. The first-order chi connectivity index (χ1) is 13.5. The summed E-state index contributed by atoms with van der Waals surface area (Å²) >= 11 is 0. The van der Waals surface area contributed by atoms with Gasteiger partial charge in [-0.25, -0.2) is 4.39 Å². The fourth-order valence-electron chi connectivity index (χ4n) is 2.73. The van der Waals surface area contributed by atoms with E-state index in [9.17, 15) is 14.3 Å². The van der Waals surface area contributed by atoms with Crippen molar-refractivity contribution >= 4 is 17.3 Å². The highest BCUT2D eigenvalue weighted by molar-refractivity contribution is 5.92. The molecule has 0 bridgehead atoms. The van der Waals surface area contributed by atoms with Crippen LogP contribution in [0.2, 0.25) is 0 Å². The number of phenols is 1. The summed E-state index contributed by atoms with van der Waals surface area (Å²) in [6.45, 7) is 0.566. The molecule has 0 radical (unpaired) electrons. The molecule has 0 saturated carbocycles. The number of rotatable bonds is 7. The Balaban J connectivity index is 1.54. The fraction of sp³-hybridized carbons (Fsp3) is 0.136. The Labute approximate surface area is 162 Å². The lowest BCUT2D eigenvalue weighted by Crippen LogP contribution is -2.14. The predicted molar refractivity (Wildman–Crippen MR) is 107 cm³/mol. The number of hydrogen-bond donors (Lipinski definition) is 3. The van der Waals surface area contributed by atoms with Gasteiger partial charge in [-0.15, -0.1) is 0 Å². The van der Waals surface area contributed by atoms with Gasteiger partial charge < -0.3 is 20.5 Å². The third kappa shape index (κ3) is 5.23. The molecule has 3 aromatic carbocycles. The van der Waals surface area contributed by atoms with Gasteiger partial charge in [0.05, 0.1) is 13.5 Å². The van der Waals surface area contributed by atoms with Crippen LogP contribution in [0.15, 0.2) is 66.7 Å². The third-order valence-corrected chi connectivity index (χ3v) is 4.17. The standard InChI is InChI=1S/C22H21FN2O3/c1-28-21-11-16(7-10-20(21)26)14-24-18-8-5-15(6-9-18)12-22(27)25-19-4-2-3-17(23)13-19/h2-11,13,24,26H,12,14H2,1H3,(H,25,27). The summed E-state index contributed by atoms with van der Waals surface area (Å²) in [5, 5.41) is 15.6. The Kier molecular flexibility index (Phi) is 6.11. The second-order valence-electron chi connectivity index (χ2n) is 6.29. The number of halogens is 1. The molecule has 0 atom stereocenters. The molecule has 0 saturated heterocycles. The molecule has 0 aliphatic heterocycles. The third-order valence-electron chi connectivity index (χ3n) is 4.17. The molecule has 28 heavy (non-hydrogen) atoms. The first-order valence-electron chi connectivity index (χ1n) is 8.77. The van der Waals surface area contributed by atoms with E-state index in [2.05, 4.69) is 10.6 Å². The van der Waals surface area contributed by atoms with Crippen molar-refractivity contribution in [1.29, 1.82) is 0 Å². The van der Waals surface area contributed by atoms with Gasteiger partial charge >= 0.3 is 0 Å². The van der Waals surface area contributed by atoms with Gasteiger partial charge in [-0.05, 0) is 53.6 Å². The average Bonchev–Trinajstić information content (AvgIpc) is 2.68. The maximum absolute atomic E-state index is 13.2. The lowest BCUT2D eigenvalue weighted by molar-refractivity contribution is -0.115. The molecule has 0 aliphatic carbocycles. The molecular formula is C22H21FN2O3.